The van der Waals surface area contributed by atoms with E-state index in [-0.39, 0.29) is 17.5 Å². The Morgan fingerprint density at radius 1 is 1.21 bits per heavy atom. The van der Waals surface area contributed by atoms with Crippen molar-refractivity contribution >= 4 is 23.2 Å². The first kappa shape index (κ1) is 29.7. The topological polar surface area (TPSA) is 121 Å². The number of pyridine rings is 2. The first-order valence-corrected chi connectivity index (χ1v) is 14.3. The Hall–Kier alpha value is -3.83. The van der Waals surface area contributed by atoms with Crippen molar-refractivity contribution in [2.24, 2.45) is 0 Å². The number of aromatic nitrogens is 3. The summed E-state index contributed by atoms with van der Waals surface area (Å²) in [5.74, 6) is 0.599. The van der Waals surface area contributed by atoms with Gasteiger partial charge in [0.2, 0.25) is 11.8 Å². The number of amides is 1. The SMILES string of the molecule is COc1nc(-c2cccc(-c3ccn4c(=O)c(CN(C)C[C@H](C)O)cnc4c3)c2Cl)ccc1CNC[C@@H]1CCC(=O)N1. The van der Waals surface area contributed by atoms with Gasteiger partial charge in [-0.3, -0.25) is 18.9 Å². The highest BCUT2D eigenvalue weighted by Gasteiger charge is 2.20. The van der Waals surface area contributed by atoms with Crippen LogP contribution in [0.2, 0.25) is 5.02 Å². The van der Waals surface area contributed by atoms with Crippen LogP contribution in [0, 0.1) is 0 Å². The third kappa shape index (κ3) is 6.63. The predicted octanol–water partition coefficient (Wildman–Crippen LogP) is 3.27. The molecule has 5 rings (SSSR count). The number of carbonyl (C=O) groups is 1. The van der Waals surface area contributed by atoms with Crippen molar-refractivity contribution in [3.8, 4) is 28.3 Å². The molecule has 1 fully saturated rings. The lowest BCUT2D eigenvalue weighted by atomic mass is 10.0. The number of aliphatic hydroxyl groups excluding tert-OH is 1. The Morgan fingerprint density at radius 3 is 2.76 bits per heavy atom. The molecule has 4 aromatic rings. The number of likely N-dealkylation sites (N-methyl/N-ethyl adjacent to an activating group) is 1. The van der Waals surface area contributed by atoms with Gasteiger partial charge in [-0.05, 0) is 44.2 Å². The number of nitrogens with one attached hydrogen (secondary N) is 2. The number of aliphatic hydroxyl groups is 1. The monoisotopic (exact) mass is 590 g/mol. The van der Waals surface area contributed by atoms with Crippen molar-refractivity contribution < 1.29 is 14.6 Å². The zero-order chi connectivity index (χ0) is 29.8. The lowest BCUT2D eigenvalue weighted by Crippen LogP contribution is -2.35. The van der Waals surface area contributed by atoms with Crippen LogP contribution in [-0.2, 0) is 17.9 Å². The predicted molar refractivity (Wildman–Crippen MR) is 163 cm³/mol. The van der Waals surface area contributed by atoms with Crippen LogP contribution in [-0.4, -0.2) is 69.7 Å². The summed E-state index contributed by atoms with van der Waals surface area (Å²) in [5.41, 5.74) is 4.84. The van der Waals surface area contributed by atoms with Gasteiger partial charge in [-0.2, -0.15) is 0 Å². The third-order valence-electron chi connectivity index (χ3n) is 7.31. The second-order valence-corrected chi connectivity index (χ2v) is 11.1. The maximum Gasteiger partial charge on any atom is 0.262 e. The summed E-state index contributed by atoms with van der Waals surface area (Å²) in [7, 11) is 3.44. The first-order chi connectivity index (χ1) is 20.2. The molecule has 0 aliphatic carbocycles. The molecule has 220 valence electrons. The molecule has 3 N–H and O–H groups in total. The van der Waals surface area contributed by atoms with Gasteiger partial charge in [-0.15, -0.1) is 0 Å². The molecule has 10 nitrogen and oxygen atoms in total. The van der Waals surface area contributed by atoms with E-state index in [1.54, 1.807) is 26.4 Å². The fourth-order valence-electron chi connectivity index (χ4n) is 5.29. The normalized spacial score (nSPS) is 15.8. The Labute approximate surface area is 249 Å². The largest absolute Gasteiger partial charge is 0.481 e. The molecule has 0 unspecified atom stereocenters. The smallest absolute Gasteiger partial charge is 0.262 e. The number of nitrogens with zero attached hydrogens (tertiary/aromatic N) is 4. The highest BCUT2D eigenvalue weighted by molar-refractivity contribution is 6.36. The maximum absolute atomic E-state index is 13.1. The second-order valence-electron chi connectivity index (χ2n) is 10.7. The highest BCUT2D eigenvalue weighted by atomic mass is 35.5. The number of ether oxygens (including phenoxy) is 1. The molecular formula is C31H35ClN6O4. The molecule has 4 heterocycles. The Kier molecular flexibility index (Phi) is 9.18. The zero-order valence-electron chi connectivity index (χ0n) is 23.9. The highest BCUT2D eigenvalue weighted by Crippen LogP contribution is 2.36. The van der Waals surface area contributed by atoms with Gasteiger partial charge in [0.1, 0.15) is 5.65 Å². The van der Waals surface area contributed by atoms with E-state index in [9.17, 15) is 14.7 Å². The Bertz CT molecular complexity index is 1660. The minimum Gasteiger partial charge on any atom is -0.481 e. The van der Waals surface area contributed by atoms with Crippen molar-refractivity contribution in [3.63, 3.8) is 0 Å². The van der Waals surface area contributed by atoms with Gasteiger partial charge >= 0.3 is 0 Å². The van der Waals surface area contributed by atoms with Crippen LogP contribution in [0.4, 0.5) is 0 Å². The molecule has 11 heteroatoms. The van der Waals surface area contributed by atoms with E-state index in [0.717, 1.165) is 28.7 Å². The maximum atomic E-state index is 13.1. The van der Waals surface area contributed by atoms with Crippen LogP contribution in [0.15, 0.2) is 59.7 Å². The van der Waals surface area contributed by atoms with Gasteiger partial charge in [-0.1, -0.05) is 35.9 Å². The Balaban J connectivity index is 1.37. The van der Waals surface area contributed by atoms with E-state index < -0.39 is 6.10 Å². The van der Waals surface area contributed by atoms with Gasteiger partial charge in [-0.25, -0.2) is 9.97 Å². The summed E-state index contributed by atoms with van der Waals surface area (Å²) >= 11 is 6.95. The molecular weight excluding hydrogens is 556 g/mol. The average molecular weight is 591 g/mol. The van der Waals surface area contributed by atoms with Crippen LogP contribution in [0.3, 0.4) is 0 Å². The first-order valence-electron chi connectivity index (χ1n) is 13.9. The summed E-state index contributed by atoms with van der Waals surface area (Å²) in [4.78, 5) is 35.7. The second kappa shape index (κ2) is 13.0. The fraction of sp³-hybridized carbons (Fsp3) is 0.355. The standard InChI is InChI=1S/C31H35ClN6O4/c1-19(39)17-37(2)18-22-15-34-27-13-20(11-12-38(27)31(22)41)24-5-4-6-25(29(24)32)26-9-7-21(30(36-26)42-3)14-33-16-23-8-10-28(40)35-23/h4-7,9,11-13,15,19,23,33,39H,8,10,14,16-18H2,1-3H3,(H,35,40)/t19-,23-/m0/s1. The van der Waals surface area contributed by atoms with Gasteiger partial charge in [0.15, 0.2) is 0 Å². The average Bonchev–Trinajstić information content (AvgIpc) is 3.39. The molecule has 1 saturated heterocycles. The molecule has 2 atom stereocenters. The molecule has 1 aliphatic heterocycles. The summed E-state index contributed by atoms with van der Waals surface area (Å²) < 4.78 is 7.11. The van der Waals surface area contributed by atoms with Gasteiger partial charge in [0.25, 0.3) is 5.56 Å². The quantitative estimate of drug-likeness (QED) is 0.243. The minimum atomic E-state index is -0.487. The van der Waals surface area contributed by atoms with Gasteiger partial charge in [0.05, 0.1) is 29.5 Å². The van der Waals surface area contributed by atoms with Crippen molar-refractivity contribution in [2.75, 3.05) is 27.2 Å². The molecule has 1 aromatic carbocycles. The minimum absolute atomic E-state index is 0.0977. The van der Waals surface area contributed by atoms with Crippen LogP contribution >= 0.6 is 11.6 Å². The summed E-state index contributed by atoms with van der Waals surface area (Å²) in [6.45, 7) is 3.79. The van der Waals surface area contributed by atoms with Crippen LogP contribution < -0.4 is 20.9 Å². The molecule has 0 spiro atoms. The number of hydrogen-bond donors (Lipinski definition) is 3. The van der Waals surface area contributed by atoms with E-state index in [4.69, 9.17) is 21.3 Å². The number of benzene rings is 1. The lowest BCUT2D eigenvalue weighted by molar-refractivity contribution is -0.119. The number of halogens is 1. The van der Waals surface area contributed by atoms with Gasteiger partial charge in [0, 0.05) is 67.7 Å². The number of rotatable bonds is 11. The van der Waals surface area contributed by atoms with Crippen LogP contribution in [0.5, 0.6) is 5.88 Å². The third-order valence-corrected chi connectivity index (χ3v) is 7.71. The van der Waals surface area contributed by atoms with Gasteiger partial charge < -0.3 is 20.5 Å². The molecule has 1 amide bonds. The summed E-state index contributed by atoms with van der Waals surface area (Å²) in [6, 6.07) is 13.5. The van der Waals surface area contributed by atoms with E-state index in [0.29, 0.717) is 60.4 Å². The van der Waals surface area contributed by atoms with Crippen molar-refractivity contribution in [1.82, 2.24) is 29.9 Å². The number of carbonyl (C=O) groups excluding carboxylic acids is 1. The lowest BCUT2D eigenvalue weighted by Gasteiger charge is -2.18. The van der Waals surface area contributed by atoms with E-state index >= 15 is 0 Å². The number of hydrogen-bond acceptors (Lipinski definition) is 8. The Morgan fingerprint density at radius 2 is 2.02 bits per heavy atom. The van der Waals surface area contributed by atoms with E-state index in [1.165, 1.54) is 4.40 Å². The van der Waals surface area contributed by atoms with Crippen molar-refractivity contribution in [2.45, 2.75) is 45.0 Å². The van der Waals surface area contributed by atoms with E-state index in [1.807, 2.05) is 54.4 Å². The van der Waals surface area contributed by atoms with Crippen molar-refractivity contribution in [3.05, 3.63) is 81.4 Å². The summed E-state index contributed by atoms with van der Waals surface area (Å²) in [6.07, 6.45) is 4.22. The fourth-order valence-corrected chi connectivity index (χ4v) is 5.62. The van der Waals surface area contributed by atoms with Crippen LogP contribution in [0.25, 0.3) is 28.0 Å². The zero-order valence-corrected chi connectivity index (χ0v) is 24.7. The van der Waals surface area contributed by atoms with E-state index in [2.05, 4.69) is 15.6 Å². The number of methoxy groups -OCH3 is 1. The molecule has 0 saturated carbocycles. The molecule has 1 aliphatic rings. The van der Waals surface area contributed by atoms with Crippen molar-refractivity contribution in [1.29, 1.82) is 0 Å². The number of fused-ring (bicyclic) bond motifs is 1. The van der Waals surface area contributed by atoms with Crippen LogP contribution in [0.1, 0.15) is 30.9 Å². The molecule has 0 radical (unpaired) electrons. The molecule has 42 heavy (non-hydrogen) atoms. The summed E-state index contributed by atoms with van der Waals surface area (Å²) in [5, 5.41) is 16.5. The molecule has 3 aromatic heterocycles. The molecule has 0 bridgehead atoms.